The average Bonchev–Trinajstić information content (AvgIpc) is 2.17. The Hall–Kier alpha value is -0.0500. The van der Waals surface area contributed by atoms with Crippen LogP contribution in [0.25, 0.3) is 0 Å². The Balaban J connectivity index is 3.99. The van der Waals surface area contributed by atoms with Crippen LogP contribution in [0.5, 0.6) is 0 Å². The minimum Gasteiger partial charge on any atom is -0.340 e. The van der Waals surface area contributed by atoms with E-state index in [-0.39, 0.29) is 11.4 Å². The van der Waals surface area contributed by atoms with Gasteiger partial charge in [-0.1, -0.05) is 35.7 Å². The molecule has 0 bridgehead atoms. The smallest absolute Gasteiger partial charge is 0.222 e. The zero-order valence-electron chi connectivity index (χ0n) is 9.77. The highest BCUT2D eigenvalue weighted by Crippen LogP contribution is 2.17. The molecule has 84 valence electrons. The first-order chi connectivity index (χ1) is 6.45. The lowest BCUT2D eigenvalue weighted by Gasteiger charge is -2.34. The van der Waals surface area contributed by atoms with E-state index in [4.69, 9.17) is 0 Å². The highest BCUT2D eigenvalue weighted by molar-refractivity contribution is 9.09. The molecule has 0 aromatic rings. The van der Waals surface area contributed by atoms with Crippen LogP contribution < -0.4 is 0 Å². The fourth-order valence-electron chi connectivity index (χ4n) is 1.12. The summed E-state index contributed by atoms with van der Waals surface area (Å²) in [6, 6.07) is 0. The van der Waals surface area contributed by atoms with E-state index in [1.165, 1.54) is 6.42 Å². The maximum Gasteiger partial charge on any atom is 0.222 e. The summed E-state index contributed by atoms with van der Waals surface area (Å²) < 4.78 is 0. The predicted octanol–water partition coefficient (Wildman–Crippen LogP) is 3.20. The van der Waals surface area contributed by atoms with Crippen molar-refractivity contribution in [1.82, 2.24) is 4.90 Å². The number of hydrogen-bond donors (Lipinski definition) is 0. The molecule has 0 spiro atoms. The summed E-state index contributed by atoms with van der Waals surface area (Å²) in [5.74, 6) is 0.253. The van der Waals surface area contributed by atoms with Gasteiger partial charge in [0.1, 0.15) is 0 Å². The molecule has 1 amide bonds. The lowest BCUT2D eigenvalue weighted by atomic mass is 10.1. The van der Waals surface area contributed by atoms with E-state index in [9.17, 15) is 4.79 Å². The Bertz CT molecular complexity index is 180. The molecular weight excluding hydrogens is 242 g/mol. The van der Waals surface area contributed by atoms with Crippen LogP contribution in [0.3, 0.4) is 0 Å². The van der Waals surface area contributed by atoms with Crippen molar-refractivity contribution in [3.63, 3.8) is 0 Å². The van der Waals surface area contributed by atoms with Gasteiger partial charge in [-0.3, -0.25) is 4.79 Å². The largest absolute Gasteiger partial charge is 0.340 e. The van der Waals surface area contributed by atoms with Gasteiger partial charge >= 0.3 is 0 Å². The molecule has 0 saturated carbocycles. The lowest BCUT2D eigenvalue weighted by Crippen LogP contribution is -2.46. The van der Waals surface area contributed by atoms with Gasteiger partial charge < -0.3 is 4.90 Å². The van der Waals surface area contributed by atoms with Gasteiger partial charge in [-0.15, -0.1) is 0 Å². The fourth-order valence-corrected chi connectivity index (χ4v) is 1.50. The summed E-state index contributed by atoms with van der Waals surface area (Å²) in [5, 5.41) is 0.815. The quantitative estimate of drug-likeness (QED) is 0.533. The van der Waals surface area contributed by atoms with E-state index >= 15 is 0 Å². The normalized spacial score (nSPS) is 11.5. The number of rotatable bonds is 6. The molecular formula is C11H22BrNO. The molecule has 0 aliphatic rings. The molecule has 0 heterocycles. The van der Waals surface area contributed by atoms with Crippen LogP contribution in [0.1, 0.15) is 46.5 Å². The summed E-state index contributed by atoms with van der Waals surface area (Å²) in [6.45, 7) is 6.29. The van der Waals surface area contributed by atoms with Crippen molar-refractivity contribution in [2.24, 2.45) is 0 Å². The Kier molecular flexibility index (Phi) is 6.41. The van der Waals surface area contributed by atoms with Crippen molar-refractivity contribution < 1.29 is 4.79 Å². The van der Waals surface area contributed by atoms with Gasteiger partial charge in [0.25, 0.3) is 0 Å². The van der Waals surface area contributed by atoms with Crippen LogP contribution >= 0.6 is 15.9 Å². The van der Waals surface area contributed by atoms with Crippen LogP contribution in [0, 0.1) is 0 Å². The molecule has 0 aliphatic carbocycles. The fraction of sp³-hybridized carbons (Fsp3) is 0.909. The molecule has 0 unspecified atom stereocenters. The van der Waals surface area contributed by atoms with E-state index in [0.717, 1.165) is 18.2 Å². The predicted molar refractivity (Wildman–Crippen MR) is 64.8 cm³/mol. The Labute approximate surface area is 96.2 Å². The van der Waals surface area contributed by atoms with Crippen LogP contribution in [-0.2, 0) is 4.79 Å². The Morgan fingerprint density at radius 2 is 1.93 bits per heavy atom. The molecule has 0 aliphatic heterocycles. The standard InChI is InChI=1S/C11H22BrNO/c1-5-6-7-8-10(14)13(4)11(2,3)9-12/h5-9H2,1-4H3. The highest BCUT2D eigenvalue weighted by Gasteiger charge is 2.25. The lowest BCUT2D eigenvalue weighted by molar-refractivity contribution is -0.134. The number of alkyl halides is 1. The van der Waals surface area contributed by atoms with E-state index in [1.54, 1.807) is 0 Å². The average molecular weight is 264 g/mol. The second kappa shape index (κ2) is 6.44. The van der Waals surface area contributed by atoms with Crippen molar-refractivity contribution in [3.05, 3.63) is 0 Å². The molecule has 14 heavy (non-hydrogen) atoms. The van der Waals surface area contributed by atoms with E-state index in [2.05, 4.69) is 36.7 Å². The van der Waals surface area contributed by atoms with Crippen molar-refractivity contribution in [3.8, 4) is 0 Å². The number of halogens is 1. The van der Waals surface area contributed by atoms with Crippen molar-refractivity contribution in [2.45, 2.75) is 52.0 Å². The summed E-state index contributed by atoms with van der Waals surface area (Å²) in [6.07, 6.45) is 4.01. The molecule has 3 heteroatoms. The van der Waals surface area contributed by atoms with Crippen LogP contribution in [0.2, 0.25) is 0 Å². The number of unbranched alkanes of at least 4 members (excludes halogenated alkanes) is 2. The second-order valence-corrected chi connectivity index (χ2v) is 4.92. The zero-order valence-corrected chi connectivity index (χ0v) is 11.4. The van der Waals surface area contributed by atoms with Crippen molar-refractivity contribution in [2.75, 3.05) is 12.4 Å². The van der Waals surface area contributed by atoms with Crippen LogP contribution in [-0.4, -0.2) is 28.7 Å². The minimum absolute atomic E-state index is 0.0801. The van der Waals surface area contributed by atoms with Crippen LogP contribution in [0.4, 0.5) is 0 Å². The van der Waals surface area contributed by atoms with Gasteiger partial charge in [-0.05, 0) is 20.3 Å². The maximum absolute atomic E-state index is 11.7. The molecule has 0 fully saturated rings. The second-order valence-electron chi connectivity index (χ2n) is 4.36. The molecule has 0 aromatic carbocycles. The molecule has 0 saturated heterocycles. The summed E-state index contributed by atoms with van der Waals surface area (Å²) in [4.78, 5) is 13.6. The van der Waals surface area contributed by atoms with E-state index in [0.29, 0.717) is 6.42 Å². The number of carbonyl (C=O) groups excluding carboxylic acids is 1. The third-order valence-corrected chi connectivity index (χ3v) is 3.98. The van der Waals surface area contributed by atoms with Crippen molar-refractivity contribution >= 4 is 21.8 Å². The number of nitrogens with zero attached hydrogens (tertiary/aromatic N) is 1. The zero-order chi connectivity index (χ0) is 11.2. The molecule has 0 rings (SSSR count). The maximum atomic E-state index is 11.7. The summed E-state index contributed by atoms with van der Waals surface area (Å²) in [7, 11) is 1.88. The van der Waals surface area contributed by atoms with E-state index < -0.39 is 0 Å². The minimum atomic E-state index is -0.0801. The first-order valence-corrected chi connectivity index (χ1v) is 6.40. The first-order valence-electron chi connectivity index (χ1n) is 5.28. The van der Waals surface area contributed by atoms with E-state index in [1.807, 2.05) is 11.9 Å². The third kappa shape index (κ3) is 4.45. The van der Waals surface area contributed by atoms with Gasteiger partial charge in [0.2, 0.25) is 5.91 Å². The molecule has 0 N–H and O–H groups in total. The Morgan fingerprint density at radius 1 is 1.36 bits per heavy atom. The number of amides is 1. The van der Waals surface area contributed by atoms with Crippen molar-refractivity contribution in [1.29, 1.82) is 0 Å². The monoisotopic (exact) mass is 263 g/mol. The molecule has 0 radical (unpaired) electrons. The van der Waals surface area contributed by atoms with Gasteiger partial charge in [-0.25, -0.2) is 0 Å². The Morgan fingerprint density at radius 3 is 2.36 bits per heavy atom. The first kappa shape index (κ1) is 13.9. The van der Waals surface area contributed by atoms with Gasteiger partial charge in [0, 0.05) is 24.3 Å². The third-order valence-electron chi connectivity index (χ3n) is 2.60. The highest BCUT2D eigenvalue weighted by atomic mass is 79.9. The molecule has 2 nitrogen and oxygen atoms in total. The number of carbonyl (C=O) groups is 1. The summed E-state index contributed by atoms with van der Waals surface area (Å²) in [5.41, 5.74) is -0.0801. The molecule has 0 atom stereocenters. The SMILES string of the molecule is CCCCCC(=O)N(C)C(C)(C)CBr. The van der Waals surface area contributed by atoms with Crippen LogP contribution in [0.15, 0.2) is 0 Å². The number of hydrogen-bond acceptors (Lipinski definition) is 1. The topological polar surface area (TPSA) is 20.3 Å². The molecule has 0 aromatic heterocycles. The van der Waals surface area contributed by atoms with Gasteiger partial charge in [-0.2, -0.15) is 0 Å². The van der Waals surface area contributed by atoms with Gasteiger partial charge in [0.05, 0.1) is 0 Å². The van der Waals surface area contributed by atoms with Gasteiger partial charge in [0.15, 0.2) is 0 Å². The summed E-state index contributed by atoms with van der Waals surface area (Å²) >= 11 is 3.43.